The van der Waals surface area contributed by atoms with Crippen LogP contribution >= 0.6 is 0 Å². The van der Waals surface area contributed by atoms with Gasteiger partial charge < -0.3 is 20.1 Å². The first-order valence-corrected chi connectivity index (χ1v) is 9.94. The van der Waals surface area contributed by atoms with Crippen molar-refractivity contribution in [2.45, 2.75) is 19.4 Å². The van der Waals surface area contributed by atoms with Crippen molar-refractivity contribution in [3.05, 3.63) is 53.0 Å². The van der Waals surface area contributed by atoms with Crippen LogP contribution in [0.15, 0.2) is 24.4 Å². The fourth-order valence-corrected chi connectivity index (χ4v) is 3.78. The maximum Gasteiger partial charge on any atom is 0.407 e. The summed E-state index contributed by atoms with van der Waals surface area (Å²) in [6, 6.07) is 3.61. The maximum absolute atomic E-state index is 15.1. The Hall–Kier alpha value is -3.60. The summed E-state index contributed by atoms with van der Waals surface area (Å²) >= 11 is 0. The number of imidazole rings is 1. The predicted molar refractivity (Wildman–Crippen MR) is 110 cm³/mol. The minimum Gasteiger partial charge on any atom is -0.465 e. The third-order valence-corrected chi connectivity index (χ3v) is 5.30. The SMILES string of the molecule is CNC(=O)c1cc(F)c(-c2c(CC3CN(C(=O)O)CCO3)nc3nc(C)ccn23)c(F)c1. The third-order valence-electron chi connectivity index (χ3n) is 5.30. The minimum atomic E-state index is -1.06. The van der Waals surface area contributed by atoms with E-state index in [0.29, 0.717) is 11.4 Å². The van der Waals surface area contributed by atoms with E-state index in [2.05, 4.69) is 15.3 Å². The van der Waals surface area contributed by atoms with Crippen molar-refractivity contribution in [3.63, 3.8) is 0 Å². The van der Waals surface area contributed by atoms with Crippen LogP contribution in [0.5, 0.6) is 0 Å². The third kappa shape index (κ3) is 3.98. The monoisotopic (exact) mass is 445 g/mol. The number of fused-ring (bicyclic) bond motifs is 1. The lowest BCUT2D eigenvalue weighted by molar-refractivity contribution is -0.0213. The Balaban J connectivity index is 1.82. The number of carboxylic acid groups (broad SMARTS) is 1. The van der Waals surface area contributed by atoms with Crippen molar-refractivity contribution >= 4 is 17.8 Å². The number of morpholine rings is 1. The molecule has 9 nitrogen and oxygen atoms in total. The molecule has 0 bridgehead atoms. The Morgan fingerprint density at radius 1 is 1.28 bits per heavy atom. The highest BCUT2D eigenvalue weighted by molar-refractivity contribution is 5.94. The van der Waals surface area contributed by atoms with Gasteiger partial charge in [-0.2, -0.15) is 0 Å². The van der Waals surface area contributed by atoms with Gasteiger partial charge >= 0.3 is 6.09 Å². The van der Waals surface area contributed by atoms with Gasteiger partial charge in [-0.3, -0.25) is 9.20 Å². The Kier molecular flexibility index (Phi) is 5.74. The Morgan fingerprint density at radius 2 is 2.00 bits per heavy atom. The number of hydrogen-bond donors (Lipinski definition) is 2. The number of aryl methyl sites for hydroxylation is 1. The summed E-state index contributed by atoms with van der Waals surface area (Å²) in [4.78, 5) is 33.2. The van der Waals surface area contributed by atoms with E-state index in [1.165, 1.54) is 16.3 Å². The lowest BCUT2D eigenvalue weighted by atomic mass is 10.0. The van der Waals surface area contributed by atoms with Gasteiger partial charge in [-0.25, -0.2) is 23.5 Å². The minimum absolute atomic E-state index is 0.107. The average molecular weight is 445 g/mol. The van der Waals surface area contributed by atoms with Crippen LogP contribution in [-0.4, -0.2) is 69.2 Å². The first-order chi connectivity index (χ1) is 15.3. The first kappa shape index (κ1) is 21.6. The molecule has 1 aliphatic rings. The van der Waals surface area contributed by atoms with Crippen LogP contribution in [0.4, 0.5) is 13.6 Å². The Morgan fingerprint density at radius 3 is 2.66 bits per heavy atom. The molecular formula is C21H21F2N5O4. The molecule has 2 amide bonds. The fraction of sp³-hybridized carbons (Fsp3) is 0.333. The number of aromatic nitrogens is 3. The van der Waals surface area contributed by atoms with Crippen LogP contribution in [0, 0.1) is 18.6 Å². The van der Waals surface area contributed by atoms with Crippen LogP contribution in [0.3, 0.4) is 0 Å². The molecule has 11 heteroatoms. The maximum atomic E-state index is 15.1. The highest BCUT2D eigenvalue weighted by Crippen LogP contribution is 2.32. The molecule has 2 aromatic heterocycles. The van der Waals surface area contributed by atoms with Crippen LogP contribution in [0.2, 0.25) is 0 Å². The highest BCUT2D eigenvalue weighted by Gasteiger charge is 2.29. The number of carbonyl (C=O) groups is 2. The molecule has 168 valence electrons. The van der Waals surface area contributed by atoms with E-state index in [-0.39, 0.29) is 48.7 Å². The second-order valence-corrected chi connectivity index (χ2v) is 7.47. The number of ether oxygens (including phenoxy) is 1. The molecular weight excluding hydrogens is 424 g/mol. The second-order valence-electron chi connectivity index (χ2n) is 7.47. The van der Waals surface area contributed by atoms with Crippen LogP contribution < -0.4 is 5.32 Å². The van der Waals surface area contributed by atoms with Gasteiger partial charge in [0.25, 0.3) is 5.91 Å². The van der Waals surface area contributed by atoms with Crippen molar-refractivity contribution in [2.24, 2.45) is 0 Å². The molecule has 3 aromatic rings. The van der Waals surface area contributed by atoms with Gasteiger partial charge in [-0.1, -0.05) is 0 Å². The molecule has 3 heterocycles. The van der Waals surface area contributed by atoms with Crippen LogP contribution in [-0.2, 0) is 11.2 Å². The topological polar surface area (TPSA) is 109 Å². The van der Waals surface area contributed by atoms with Gasteiger partial charge in [0.05, 0.1) is 36.2 Å². The number of halogens is 2. The first-order valence-electron chi connectivity index (χ1n) is 9.94. The number of rotatable bonds is 4. The standard InChI is InChI=1S/C21H21F2N5O4/c1-11-3-4-28-18(17-14(22)7-12(8-15(17)23)19(29)24-2)16(26-20(28)25-11)9-13-10-27(21(30)31)5-6-32-13/h3-4,7-8,13H,5-6,9-10H2,1-2H3,(H,24,29)(H,30,31). The quantitative estimate of drug-likeness (QED) is 0.638. The van der Waals surface area contributed by atoms with Gasteiger partial charge in [-0.05, 0) is 25.1 Å². The van der Waals surface area contributed by atoms with Crippen molar-refractivity contribution in [1.29, 1.82) is 0 Å². The van der Waals surface area contributed by atoms with Crippen molar-refractivity contribution in [2.75, 3.05) is 26.7 Å². The van der Waals surface area contributed by atoms with Gasteiger partial charge in [-0.15, -0.1) is 0 Å². The summed E-state index contributed by atoms with van der Waals surface area (Å²) < 4.78 is 37.4. The summed E-state index contributed by atoms with van der Waals surface area (Å²) in [6.07, 6.45) is 0.131. The van der Waals surface area contributed by atoms with E-state index in [0.717, 1.165) is 12.1 Å². The van der Waals surface area contributed by atoms with E-state index < -0.39 is 29.7 Å². The molecule has 1 unspecified atom stereocenters. The summed E-state index contributed by atoms with van der Waals surface area (Å²) in [5, 5.41) is 11.6. The smallest absolute Gasteiger partial charge is 0.407 e. The number of nitrogens with one attached hydrogen (secondary N) is 1. The van der Waals surface area contributed by atoms with E-state index in [4.69, 9.17) is 4.74 Å². The van der Waals surface area contributed by atoms with E-state index in [1.807, 2.05) is 0 Å². The number of hydrogen-bond acceptors (Lipinski definition) is 5. The molecule has 0 radical (unpaired) electrons. The largest absolute Gasteiger partial charge is 0.465 e. The molecule has 1 atom stereocenters. The predicted octanol–water partition coefficient (Wildman–Crippen LogP) is 2.26. The molecule has 1 aromatic carbocycles. The van der Waals surface area contributed by atoms with Gasteiger partial charge in [0.1, 0.15) is 11.6 Å². The summed E-state index contributed by atoms with van der Waals surface area (Å²) in [7, 11) is 1.37. The number of benzene rings is 1. The lowest BCUT2D eigenvalue weighted by Gasteiger charge is -2.30. The van der Waals surface area contributed by atoms with Crippen molar-refractivity contribution in [1.82, 2.24) is 24.6 Å². The summed E-state index contributed by atoms with van der Waals surface area (Å²) in [5.41, 5.74) is 0.621. The average Bonchev–Trinajstić information content (AvgIpc) is 3.09. The molecule has 1 aliphatic heterocycles. The number of carbonyl (C=O) groups excluding carboxylic acids is 1. The molecule has 32 heavy (non-hydrogen) atoms. The zero-order chi connectivity index (χ0) is 23.0. The summed E-state index contributed by atoms with van der Waals surface area (Å²) in [6.45, 7) is 2.33. The lowest BCUT2D eigenvalue weighted by Crippen LogP contribution is -2.45. The van der Waals surface area contributed by atoms with Crippen molar-refractivity contribution < 1.29 is 28.2 Å². The van der Waals surface area contributed by atoms with E-state index in [1.54, 1.807) is 19.2 Å². The second kappa shape index (κ2) is 8.50. The molecule has 1 fully saturated rings. The normalized spacial score (nSPS) is 16.4. The molecule has 0 spiro atoms. The van der Waals surface area contributed by atoms with Crippen LogP contribution in [0.25, 0.3) is 17.0 Å². The zero-order valence-corrected chi connectivity index (χ0v) is 17.4. The van der Waals surface area contributed by atoms with Gasteiger partial charge in [0, 0.05) is 37.5 Å². The fourth-order valence-electron chi connectivity index (χ4n) is 3.78. The highest BCUT2D eigenvalue weighted by atomic mass is 19.1. The molecule has 4 rings (SSSR count). The number of nitrogens with zero attached hydrogens (tertiary/aromatic N) is 4. The molecule has 0 aliphatic carbocycles. The zero-order valence-electron chi connectivity index (χ0n) is 17.4. The molecule has 0 saturated carbocycles. The van der Waals surface area contributed by atoms with E-state index in [9.17, 15) is 14.7 Å². The van der Waals surface area contributed by atoms with Crippen molar-refractivity contribution in [3.8, 4) is 11.3 Å². The number of amides is 2. The molecule has 1 saturated heterocycles. The van der Waals surface area contributed by atoms with E-state index >= 15 is 8.78 Å². The van der Waals surface area contributed by atoms with Crippen LogP contribution in [0.1, 0.15) is 21.7 Å². The Labute approximate surface area is 181 Å². The Bertz CT molecular complexity index is 1190. The van der Waals surface area contributed by atoms with Gasteiger partial charge in [0.15, 0.2) is 0 Å². The molecule has 2 N–H and O–H groups in total. The van der Waals surface area contributed by atoms with Gasteiger partial charge in [0.2, 0.25) is 5.78 Å². The summed E-state index contributed by atoms with van der Waals surface area (Å²) in [5.74, 6) is -2.22.